The number of aromatic amines is 1. The summed E-state index contributed by atoms with van der Waals surface area (Å²) in [6.45, 7) is 8.49. The monoisotopic (exact) mass is 422 g/mol. The second kappa shape index (κ2) is 9.93. The summed E-state index contributed by atoms with van der Waals surface area (Å²) < 4.78 is 0. The summed E-state index contributed by atoms with van der Waals surface area (Å²) in [7, 11) is 0. The molecule has 0 amide bonds. The maximum absolute atomic E-state index is 5.50. The first-order valence-electron chi connectivity index (χ1n) is 9.65. The summed E-state index contributed by atoms with van der Waals surface area (Å²) in [4.78, 5) is 20.6. The van der Waals surface area contributed by atoms with Crippen LogP contribution in [0.15, 0.2) is 41.8 Å². The van der Waals surface area contributed by atoms with Gasteiger partial charge in [0.05, 0.1) is 6.33 Å². The van der Waals surface area contributed by atoms with Crippen molar-refractivity contribution in [2.45, 2.75) is 34.1 Å². The SMILES string of the molecule is Cc1ccc(NC(=S)NC(=NCCc2cnc[nH]2)Nc2nc(C)cc(C)n2)c(C)c1. The Morgan fingerprint density at radius 3 is 2.50 bits per heavy atom. The predicted molar refractivity (Wildman–Crippen MR) is 125 cm³/mol. The number of aliphatic imine (C=N–C) groups is 1. The molecule has 2 heterocycles. The molecule has 3 aromatic rings. The van der Waals surface area contributed by atoms with Crippen LogP contribution >= 0.6 is 12.2 Å². The van der Waals surface area contributed by atoms with Crippen LogP contribution in [0.25, 0.3) is 0 Å². The second-order valence-electron chi connectivity index (χ2n) is 7.05. The van der Waals surface area contributed by atoms with E-state index in [1.165, 1.54) is 5.56 Å². The highest BCUT2D eigenvalue weighted by atomic mass is 32.1. The minimum Gasteiger partial charge on any atom is -0.348 e. The topological polar surface area (TPSA) is 103 Å². The normalized spacial score (nSPS) is 11.3. The van der Waals surface area contributed by atoms with E-state index in [0.717, 1.165) is 34.8 Å². The number of aryl methyl sites for hydroxylation is 4. The third kappa shape index (κ3) is 6.35. The Hall–Kier alpha value is -3.33. The third-order valence-electron chi connectivity index (χ3n) is 4.28. The molecule has 0 atom stereocenters. The lowest BCUT2D eigenvalue weighted by Crippen LogP contribution is -2.39. The van der Waals surface area contributed by atoms with Gasteiger partial charge in [-0.25, -0.2) is 15.0 Å². The standard InChI is InChI=1S/C21H26N8S/c1-13-5-6-18(14(2)9-13)27-21(30)29-19(23-8-7-17-11-22-12-24-17)28-20-25-15(3)10-16(4)26-20/h5-6,9-12H,7-8H2,1-4H3,(H,22,24)(H3,23,25,26,27,28,29,30). The molecule has 30 heavy (non-hydrogen) atoms. The molecule has 156 valence electrons. The number of hydrogen-bond acceptors (Lipinski definition) is 5. The lowest BCUT2D eigenvalue weighted by molar-refractivity contribution is 0.927. The number of thiocarbonyl (C=S) groups is 1. The number of benzene rings is 1. The van der Waals surface area contributed by atoms with E-state index in [-0.39, 0.29) is 0 Å². The Morgan fingerprint density at radius 1 is 1.07 bits per heavy atom. The van der Waals surface area contributed by atoms with Gasteiger partial charge in [0.15, 0.2) is 5.11 Å². The highest BCUT2D eigenvalue weighted by Gasteiger charge is 2.08. The molecule has 0 aliphatic heterocycles. The first-order chi connectivity index (χ1) is 14.4. The molecule has 8 nitrogen and oxygen atoms in total. The second-order valence-corrected chi connectivity index (χ2v) is 7.46. The van der Waals surface area contributed by atoms with Crippen molar-refractivity contribution in [3.8, 4) is 0 Å². The summed E-state index contributed by atoms with van der Waals surface area (Å²) in [6.07, 6.45) is 4.16. The highest BCUT2D eigenvalue weighted by Crippen LogP contribution is 2.15. The van der Waals surface area contributed by atoms with Crippen LogP contribution in [0, 0.1) is 27.7 Å². The van der Waals surface area contributed by atoms with Gasteiger partial charge in [0.1, 0.15) is 0 Å². The zero-order chi connectivity index (χ0) is 21.5. The average molecular weight is 423 g/mol. The lowest BCUT2D eigenvalue weighted by atomic mass is 10.1. The van der Waals surface area contributed by atoms with Crippen LogP contribution in [-0.4, -0.2) is 37.6 Å². The summed E-state index contributed by atoms with van der Waals surface area (Å²) >= 11 is 5.50. The number of nitrogens with zero attached hydrogens (tertiary/aromatic N) is 4. The van der Waals surface area contributed by atoms with E-state index in [2.05, 4.69) is 53.9 Å². The molecule has 4 N–H and O–H groups in total. The highest BCUT2D eigenvalue weighted by molar-refractivity contribution is 7.80. The molecule has 0 aliphatic rings. The van der Waals surface area contributed by atoms with Crippen LogP contribution in [0.2, 0.25) is 0 Å². The third-order valence-corrected chi connectivity index (χ3v) is 4.48. The largest absolute Gasteiger partial charge is 0.348 e. The van der Waals surface area contributed by atoms with Crippen LogP contribution in [0.3, 0.4) is 0 Å². The Morgan fingerprint density at radius 2 is 1.83 bits per heavy atom. The minimum atomic E-state index is 0.430. The molecule has 0 saturated heterocycles. The van der Waals surface area contributed by atoms with Gasteiger partial charge in [-0.05, 0) is 57.6 Å². The molecule has 0 unspecified atom stereocenters. The van der Waals surface area contributed by atoms with Crippen LogP contribution in [0.4, 0.5) is 11.6 Å². The molecule has 0 radical (unpaired) electrons. The summed E-state index contributed by atoms with van der Waals surface area (Å²) in [5.74, 6) is 0.941. The van der Waals surface area contributed by atoms with Gasteiger partial charge in [0.25, 0.3) is 0 Å². The number of H-pyrrole nitrogens is 1. The number of rotatable bonds is 5. The molecular formula is C21H26N8S. The van der Waals surface area contributed by atoms with Crippen molar-refractivity contribution >= 4 is 34.9 Å². The van der Waals surface area contributed by atoms with Gasteiger partial charge < -0.3 is 15.6 Å². The van der Waals surface area contributed by atoms with Gasteiger partial charge >= 0.3 is 0 Å². The van der Waals surface area contributed by atoms with E-state index < -0.39 is 0 Å². The average Bonchev–Trinajstić information content (AvgIpc) is 3.16. The summed E-state index contributed by atoms with van der Waals surface area (Å²) in [6, 6.07) is 8.07. The molecule has 9 heteroatoms. The van der Waals surface area contributed by atoms with E-state index in [9.17, 15) is 0 Å². The molecule has 0 spiro atoms. The zero-order valence-corrected chi connectivity index (χ0v) is 18.4. The fourth-order valence-electron chi connectivity index (χ4n) is 2.92. The van der Waals surface area contributed by atoms with Crippen LogP contribution in [0.5, 0.6) is 0 Å². The fourth-order valence-corrected chi connectivity index (χ4v) is 3.13. The molecule has 0 fully saturated rings. The van der Waals surface area contributed by atoms with Crippen molar-refractivity contribution < 1.29 is 0 Å². The molecule has 0 aliphatic carbocycles. The maximum atomic E-state index is 5.50. The fraction of sp³-hybridized carbons (Fsp3) is 0.286. The van der Waals surface area contributed by atoms with Crippen molar-refractivity contribution in [1.29, 1.82) is 0 Å². The van der Waals surface area contributed by atoms with Gasteiger partial charge in [0.2, 0.25) is 11.9 Å². The Balaban J connectivity index is 1.72. The molecule has 0 saturated carbocycles. The number of anilines is 2. The smallest absolute Gasteiger partial charge is 0.229 e. The molecule has 0 bridgehead atoms. The van der Waals surface area contributed by atoms with E-state index >= 15 is 0 Å². The van der Waals surface area contributed by atoms with Gasteiger partial charge in [-0.2, -0.15) is 0 Å². The van der Waals surface area contributed by atoms with Crippen molar-refractivity contribution in [2.24, 2.45) is 4.99 Å². The molecule has 1 aromatic carbocycles. The molecular weight excluding hydrogens is 396 g/mol. The number of hydrogen-bond donors (Lipinski definition) is 4. The van der Waals surface area contributed by atoms with Crippen LogP contribution in [-0.2, 0) is 6.42 Å². The molecule has 2 aromatic heterocycles. The Labute approximate surface area is 181 Å². The van der Waals surface area contributed by atoms with Gasteiger partial charge in [-0.1, -0.05) is 17.7 Å². The van der Waals surface area contributed by atoms with Gasteiger partial charge in [-0.3, -0.25) is 10.3 Å². The number of aromatic nitrogens is 4. The molecule has 3 rings (SSSR count). The van der Waals surface area contributed by atoms with Crippen molar-refractivity contribution in [1.82, 2.24) is 25.3 Å². The van der Waals surface area contributed by atoms with Crippen LogP contribution in [0.1, 0.15) is 28.2 Å². The number of imidazole rings is 1. The predicted octanol–water partition coefficient (Wildman–Crippen LogP) is 3.43. The van der Waals surface area contributed by atoms with Crippen molar-refractivity contribution in [3.05, 3.63) is 65.0 Å². The van der Waals surface area contributed by atoms with E-state index in [1.807, 2.05) is 39.0 Å². The lowest BCUT2D eigenvalue weighted by Gasteiger charge is -2.15. The van der Waals surface area contributed by atoms with E-state index in [1.54, 1.807) is 12.5 Å². The zero-order valence-electron chi connectivity index (χ0n) is 17.6. The summed E-state index contributed by atoms with van der Waals surface area (Å²) in [5, 5.41) is 9.93. The van der Waals surface area contributed by atoms with Crippen molar-refractivity contribution in [2.75, 3.05) is 17.2 Å². The van der Waals surface area contributed by atoms with Crippen molar-refractivity contribution in [3.63, 3.8) is 0 Å². The first-order valence-corrected chi connectivity index (χ1v) is 10.1. The quantitative estimate of drug-likeness (QED) is 0.284. The number of guanidine groups is 1. The number of nitrogens with one attached hydrogen (secondary N) is 4. The van der Waals surface area contributed by atoms with E-state index in [0.29, 0.717) is 23.6 Å². The van der Waals surface area contributed by atoms with E-state index in [4.69, 9.17) is 12.2 Å². The van der Waals surface area contributed by atoms with Gasteiger partial charge in [0, 0.05) is 41.9 Å². The first kappa shape index (κ1) is 21.4. The summed E-state index contributed by atoms with van der Waals surface area (Å²) in [5.41, 5.74) is 6.01. The minimum absolute atomic E-state index is 0.430. The van der Waals surface area contributed by atoms with Crippen LogP contribution < -0.4 is 16.0 Å². The van der Waals surface area contributed by atoms with Gasteiger partial charge in [-0.15, -0.1) is 0 Å². The Kier molecular flexibility index (Phi) is 7.08. The maximum Gasteiger partial charge on any atom is 0.229 e. The Bertz CT molecular complexity index is 1020.